The summed E-state index contributed by atoms with van der Waals surface area (Å²) < 4.78 is 5.20. The second-order valence-corrected chi connectivity index (χ2v) is 6.35. The molecule has 1 unspecified atom stereocenters. The van der Waals surface area contributed by atoms with E-state index in [-0.39, 0.29) is 25.2 Å². The zero-order chi connectivity index (χ0) is 17.2. The second kappa shape index (κ2) is 9.94. The summed E-state index contributed by atoms with van der Waals surface area (Å²) in [6, 6.07) is 9.21. The van der Waals surface area contributed by atoms with Crippen LogP contribution < -0.4 is 10.1 Å². The molecule has 1 amide bonds. The van der Waals surface area contributed by atoms with Gasteiger partial charge in [0.25, 0.3) is 0 Å². The number of ether oxygens (including phenoxy) is 1. The Bertz CT molecular complexity index is 545. The molecule has 0 saturated heterocycles. The van der Waals surface area contributed by atoms with E-state index in [0.717, 1.165) is 18.4 Å². The van der Waals surface area contributed by atoms with Crippen molar-refractivity contribution in [2.45, 2.75) is 51.0 Å². The Kier molecular flexibility index (Phi) is 7.57. The number of carbonyl (C=O) groups excluding carboxylic acids is 1. The maximum absolute atomic E-state index is 12.3. The van der Waals surface area contributed by atoms with Crippen LogP contribution >= 0.6 is 0 Å². The highest BCUT2D eigenvalue weighted by molar-refractivity contribution is 5.78. The fourth-order valence-corrected chi connectivity index (χ4v) is 3.36. The number of hydrogen-bond acceptors (Lipinski definition) is 4. The van der Waals surface area contributed by atoms with Gasteiger partial charge in [0, 0.05) is 12.6 Å². The molecule has 2 rings (SSSR count). The number of aliphatic hydroxyl groups is 1. The second-order valence-electron chi connectivity index (χ2n) is 6.35. The zero-order valence-electron chi connectivity index (χ0n) is 14.0. The molecule has 1 saturated carbocycles. The molecule has 0 heterocycles. The van der Waals surface area contributed by atoms with Crippen LogP contribution in [0.15, 0.2) is 24.3 Å². The number of aliphatic hydroxyl groups excluding tert-OH is 1. The fourth-order valence-electron chi connectivity index (χ4n) is 3.36. The lowest BCUT2D eigenvalue weighted by Crippen LogP contribution is -2.42. The van der Waals surface area contributed by atoms with Gasteiger partial charge in [-0.3, -0.25) is 4.79 Å². The first-order valence-corrected chi connectivity index (χ1v) is 8.72. The van der Waals surface area contributed by atoms with Crippen LogP contribution in [0, 0.1) is 17.2 Å². The van der Waals surface area contributed by atoms with Crippen molar-refractivity contribution >= 4 is 5.91 Å². The highest BCUT2D eigenvalue weighted by atomic mass is 16.5. The number of amides is 1. The molecule has 0 spiro atoms. The lowest BCUT2D eigenvalue weighted by Gasteiger charge is -2.30. The number of nitriles is 1. The third-order valence-electron chi connectivity index (χ3n) is 4.60. The van der Waals surface area contributed by atoms with Crippen molar-refractivity contribution in [3.8, 4) is 11.8 Å². The van der Waals surface area contributed by atoms with Gasteiger partial charge in [-0.05, 0) is 42.9 Å². The molecule has 1 aliphatic carbocycles. The van der Waals surface area contributed by atoms with Crippen molar-refractivity contribution in [1.82, 2.24) is 5.32 Å². The van der Waals surface area contributed by atoms with E-state index in [2.05, 4.69) is 5.32 Å². The van der Waals surface area contributed by atoms with Gasteiger partial charge in [-0.25, -0.2) is 0 Å². The molecule has 1 aliphatic rings. The van der Waals surface area contributed by atoms with E-state index in [1.165, 1.54) is 19.3 Å². The van der Waals surface area contributed by atoms with Crippen LogP contribution in [0.25, 0.3) is 0 Å². The van der Waals surface area contributed by atoms with Gasteiger partial charge in [-0.15, -0.1) is 0 Å². The number of hydrogen-bond donors (Lipinski definition) is 2. The Balaban J connectivity index is 1.86. The molecule has 130 valence electrons. The minimum atomic E-state index is -0.00952. The maximum atomic E-state index is 12.3. The molecule has 1 fully saturated rings. The molecular formula is C19H26N2O3. The van der Waals surface area contributed by atoms with E-state index >= 15 is 0 Å². The van der Waals surface area contributed by atoms with Gasteiger partial charge in [0.2, 0.25) is 5.91 Å². The Hall–Kier alpha value is -2.06. The van der Waals surface area contributed by atoms with Gasteiger partial charge in [-0.2, -0.15) is 5.26 Å². The molecule has 0 radical (unpaired) electrons. The van der Waals surface area contributed by atoms with E-state index in [0.29, 0.717) is 24.5 Å². The summed E-state index contributed by atoms with van der Waals surface area (Å²) in [5.74, 6) is 1.10. The first kappa shape index (κ1) is 18.3. The minimum Gasteiger partial charge on any atom is -0.479 e. The number of nitrogens with one attached hydrogen (secondary N) is 1. The predicted octanol–water partition coefficient (Wildman–Crippen LogP) is 2.58. The van der Waals surface area contributed by atoms with Gasteiger partial charge in [0.1, 0.15) is 11.8 Å². The lowest BCUT2D eigenvalue weighted by atomic mass is 9.82. The highest BCUT2D eigenvalue weighted by Crippen LogP contribution is 2.27. The fraction of sp³-hybridized carbons (Fsp3) is 0.579. The van der Waals surface area contributed by atoms with Gasteiger partial charge in [-0.1, -0.05) is 31.4 Å². The zero-order valence-corrected chi connectivity index (χ0v) is 14.0. The normalized spacial score (nSPS) is 16.2. The van der Waals surface area contributed by atoms with Crippen LogP contribution in [0.2, 0.25) is 0 Å². The van der Waals surface area contributed by atoms with Crippen LogP contribution in [0.4, 0.5) is 0 Å². The van der Waals surface area contributed by atoms with E-state index < -0.39 is 0 Å². The quantitative estimate of drug-likeness (QED) is 0.767. The van der Waals surface area contributed by atoms with Crippen molar-refractivity contribution in [3.05, 3.63) is 29.8 Å². The molecule has 5 heteroatoms. The van der Waals surface area contributed by atoms with Crippen molar-refractivity contribution < 1.29 is 14.6 Å². The minimum absolute atomic E-state index is 0.00952. The molecule has 0 bridgehead atoms. The SMILES string of the molecule is N#CCOc1ccc(CC(=O)NC(CCO)C2CCCCC2)cc1. The smallest absolute Gasteiger partial charge is 0.224 e. The van der Waals surface area contributed by atoms with Crippen molar-refractivity contribution in [1.29, 1.82) is 5.26 Å². The summed E-state index contributed by atoms with van der Waals surface area (Å²) in [5, 5.41) is 20.9. The Morgan fingerprint density at radius 3 is 2.62 bits per heavy atom. The van der Waals surface area contributed by atoms with Crippen LogP contribution in [0.1, 0.15) is 44.1 Å². The third-order valence-corrected chi connectivity index (χ3v) is 4.60. The largest absolute Gasteiger partial charge is 0.479 e. The average molecular weight is 330 g/mol. The Labute approximate surface area is 143 Å². The van der Waals surface area contributed by atoms with Gasteiger partial charge < -0.3 is 15.2 Å². The van der Waals surface area contributed by atoms with Crippen LogP contribution in [-0.4, -0.2) is 30.3 Å². The van der Waals surface area contributed by atoms with E-state index in [1.807, 2.05) is 18.2 Å². The summed E-state index contributed by atoms with van der Waals surface area (Å²) in [6.45, 7) is 0.121. The standard InChI is InChI=1S/C19H26N2O3/c20-11-13-24-17-8-6-15(7-9-17)14-19(23)21-18(10-12-22)16-4-2-1-3-5-16/h6-9,16,18,22H,1-5,10,12-14H2,(H,21,23). The molecule has 1 aromatic carbocycles. The molecule has 0 aliphatic heterocycles. The topological polar surface area (TPSA) is 82.3 Å². The molecule has 2 N–H and O–H groups in total. The van der Waals surface area contributed by atoms with E-state index in [1.54, 1.807) is 12.1 Å². The first-order valence-electron chi connectivity index (χ1n) is 8.72. The predicted molar refractivity (Wildman–Crippen MR) is 91.5 cm³/mol. The maximum Gasteiger partial charge on any atom is 0.224 e. The number of benzene rings is 1. The summed E-state index contributed by atoms with van der Waals surface area (Å²) in [4.78, 5) is 12.3. The molecule has 0 aromatic heterocycles. The van der Waals surface area contributed by atoms with Crippen LogP contribution in [-0.2, 0) is 11.2 Å². The highest BCUT2D eigenvalue weighted by Gasteiger charge is 2.24. The molecular weight excluding hydrogens is 304 g/mol. The molecule has 1 atom stereocenters. The summed E-state index contributed by atoms with van der Waals surface area (Å²) in [7, 11) is 0. The number of nitrogens with zero attached hydrogens (tertiary/aromatic N) is 1. The summed E-state index contributed by atoms with van der Waals surface area (Å²) >= 11 is 0. The van der Waals surface area contributed by atoms with Gasteiger partial charge >= 0.3 is 0 Å². The number of rotatable bonds is 8. The van der Waals surface area contributed by atoms with Crippen LogP contribution in [0.5, 0.6) is 5.75 Å². The molecule has 1 aromatic rings. The molecule has 24 heavy (non-hydrogen) atoms. The third kappa shape index (κ3) is 5.86. The average Bonchev–Trinajstić information content (AvgIpc) is 2.61. The van der Waals surface area contributed by atoms with Gasteiger partial charge in [0.05, 0.1) is 6.42 Å². The van der Waals surface area contributed by atoms with Crippen LogP contribution in [0.3, 0.4) is 0 Å². The molecule has 5 nitrogen and oxygen atoms in total. The lowest BCUT2D eigenvalue weighted by molar-refractivity contribution is -0.121. The summed E-state index contributed by atoms with van der Waals surface area (Å²) in [5.41, 5.74) is 0.906. The Morgan fingerprint density at radius 2 is 2.00 bits per heavy atom. The monoisotopic (exact) mass is 330 g/mol. The van der Waals surface area contributed by atoms with E-state index in [4.69, 9.17) is 10.00 Å². The van der Waals surface area contributed by atoms with Crippen molar-refractivity contribution in [3.63, 3.8) is 0 Å². The van der Waals surface area contributed by atoms with E-state index in [9.17, 15) is 9.90 Å². The number of carbonyl (C=O) groups is 1. The van der Waals surface area contributed by atoms with Crippen molar-refractivity contribution in [2.24, 2.45) is 5.92 Å². The first-order chi connectivity index (χ1) is 11.7. The van der Waals surface area contributed by atoms with Crippen molar-refractivity contribution in [2.75, 3.05) is 13.2 Å². The Morgan fingerprint density at radius 1 is 1.29 bits per heavy atom. The summed E-state index contributed by atoms with van der Waals surface area (Å²) in [6.07, 6.45) is 6.91. The van der Waals surface area contributed by atoms with Gasteiger partial charge in [0.15, 0.2) is 6.61 Å².